The van der Waals surface area contributed by atoms with Crippen LogP contribution in [0, 0.1) is 6.07 Å². The van der Waals surface area contributed by atoms with E-state index in [4.69, 9.17) is 4.74 Å². The molecule has 0 fully saturated rings. The Labute approximate surface area is 54.3 Å². The van der Waals surface area contributed by atoms with Crippen molar-refractivity contribution in [3.05, 3.63) is 29.8 Å². The number of hydrogen-bond acceptors (Lipinski definition) is 1. The Kier molecular flexibility index (Phi) is 0.950. The Morgan fingerprint density at radius 3 is 3.44 bits per heavy atom. The lowest BCUT2D eigenvalue weighted by atomic mass is 10.2. The van der Waals surface area contributed by atoms with Gasteiger partial charge in [0.2, 0.25) is 0 Å². The molecule has 0 spiro atoms. The minimum atomic E-state index is 0.840. The van der Waals surface area contributed by atoms with Crippen molar-refractivity contribution in [3.63, 3.8) is 0 Å². The number of hydrogen-bond donors (Lipinski definition) is 0. The monoisotopic (exact) mass is 119 g/mol. The van der Waals surface area contributed by atoms with E-state index in [-0.39, 0.29) is 0 Å². The summed E-state index contributed by atoms with van der Waals surface area (Å²) in [4.78, 5) is 0. The predicted octanol–water partition coefficient (Wildman–Crippen LogP) is 1.42. The third kappa shape index (κ3) is 0.689. The summed E-state index contributed by atoms with van der Waals surface area (Å²) in [5, 5.41) is 0. The molecule has 1 heterocycles. The first-order chi connectivity index (χ1) is 4.47. The fourth-order valence-corrected chi connectivity index (χ4v) is 1.06. The van der Waals surface area contributed by atoms with Gasteiger partial charge in [-0.25, -0.2) is 0 Å². The number of benzene rings is 1. The molecule has 1 heteroatoms. The first-order valence-electron chi connectivity index (χ1n) is 3.08. The number of ether oxygens (including phenoxy) is 1. The molecule has 0 unspecified atom stereocenters. The lowest BCUT2D eigenvalue weighted by molar-refractivity contribution is 0.357. The normalized spacial score (nSPS) is 14.7. The smallest absolute Gasteiger partial charge is 0.123 e. The zero-order valence-corrected chi connectivity index (χ0v) is 5.05. The van der Waals surface area contributed by atoms with E-state index < -0.39 is 0 Å². The first kappa shape index (κ1) is 4.86. The van der Waals surface area contributed by atoms with E-state index in [1.807, 2.05) is 12.1 Å². The number of fused-ring (bicyclic) bond motifs is 1. The SMILES string of the molecule is [c]1ccc2c(c1)OCC2. The Bertz CT molecular complexity index is 195. The summed E-state index contributed by atoms with van der Waals surface area (Å²) in [5.74, 6) is 1.01. The standard InChI is InChI=1S/C8H7O/c1-2-4-8-7(3-1)5-6-9-8/h1,3-4H,5-6H2. The molecule has 2 rings (SSSR count). The third-order valence-electron chi connectivity index (χ3n) is 1.54. The maximum atomic E-state index is 5.27. The van der Waals surface area contributed by atoms with Crippen LogP contribution in [-0.2, 0) is 6.42 Å². The first-order valence-corrected chi connectivity index (χ1v) is 3.08. The van der Waals surface area contributed by atoms with Crippen LogP contribution in [-0.4, -0.2) is 6.61 Å². The van der Waals surface area contributed by atoms with Gasteiger partial charge < -0.3 is 4.74 Å². The van der Waals surface area contributed by atoms with E-state index in [9.17, 15) is 0 Å². The second kappa shape index (κ2) is 1.76. The summed E-state index contributed by atoms with van der Waals surface area (Å²) < 4.78 is 5.27. The molecule has 0 aromatic heterocycles. The molecule has 1 aromatic carbocycles. The largest absolute Gasteiger partial charge is 0.493 e. The highest BCUT2D eigenvalue weighted by atomic mass is 16.5. The molecule has 0 N–H and O–H groups in total. The highest BCUT2D eigenvalue weighted by molar-refractivity contribution is 5.35. The van der Waals surface area contributed by atoms with Crippen LogP contribution < -0.4 is 4.74 Å². The van der Waals surface area contributed by atoms with E-state index in [0.29, 0.717) is 0 Å². The lowest BCUT2D eigenvalue weighted by Crippen LogP contribution is -1.85. The van der Waals surface area contributed by atoms with E-state index in [0.717, 1.165) is 18.8 Å². The second-order valence-electron chi connectivity index (χ2n) is 2.13. The zero-order chi connectivity index (χ0) is 6.10. The fourth-order valence-electron chi connectivity index (χ4n) is 1.06. The van der Waals surface area contributed by atoms with Crippen LogP contribution in [0.3, 0.4) is 0 Å². The van der Waals surface area contributed by atoms with Gasteiger partial charge in [0, 0.05) is 6.42 Å². The maximum absolute atomic E-state index is 5.27. The van der Waals surface area contributed by atoms with Crippen LogP contribution in [0.4, 0.5) is 0 Å². The molecule has 45 valence electrons. The van der Waals surface area contributed by atoms with E-state index in [1.54, 1.807) is 0 Å². The molecule has 1 aliphatic rings. The van der Waals surface area contributed by atoms with Crippen LogP contribution in [0.5, 0.6) is 5.75 Å². The van der Waals surface area contributed by atoms with Crippen LogP contribution in [0.2, 0.25) is 0 Å². The predicted molar refractivity (Wildman–Crippen MR) is 34.5 cm³/mol. The van der Waals surface area contributed by atoms with E-state index in [1.165, 1.54) is 5.56 Å². The summed E-state index contributed by atoms with van der Waals surface area (Å²) >= 11 is 0. The van der Waals surface area contributed by atoms with Gasteiger partial charge >= 0.3 is 0 Å². The Hall–Kier alpha value is -0.980. The molecule has 9 heavy (non-hydrogen) atoms. The van der Waals surface area contributed by atoms with Gasteiger partial charge in [0.1, 0.15) is 5.75 Å². The molecule has 0 atom stereocenters. The molecule has 1 aromatic rings. The van der Waals surface area contributed by atoms with Crippen LogP contribution in [0.25, 0.3) is 0 Å². The average Bonchev–Trinajstić information content (AvgIpc) is 2.33. The molecule has 1 aliphatic heterocycles. The molecule has 1 radical (unpaired) electrons. The Balaban J connectivity index is 2.54. The zero-order valence-electron chi connectivity index (χ0n) is 5.05. The van der Waals surface area contributed by atoms with Crippen molar-refractivity contribution in [2.45, 2.75) is 6.42 Å². The summed E-state index contributed by atoms with van der Waals surface area (Å²) in [6.45, 7) is 0.840. The molecule has 0 amide bonds. The van der Waals surface area contributed by atoms with Gasteiger partial charge in [0.25, 0.3) is 0 Å². The second-order valence-corrected chi connectivity index (χ2v) is 2.13. The van der Waals surface area contributed by atoms with Crippen LogP contribution in [0.15, 0.2) is 18.2 Å². The lowest BCUT2D eigenvalue weighted by Gasteiger charge is -1.93. The summed E-state index contributed by atoms with van der Waals surface area (Å²) in [7, 11) is 0. The molecule has 1 nitrogen and oxygen atoms in total. The minimum absolute atomic E-state index is 0.840. The molecule has 0 saturated heterocycles. The van der Waals surface area contributed by atoms with Gasteiger partial charge in [-0.3, -0.25) is 0 Å². The highest BCUT2D eigenvalue weighted by Gasteiger charge is 2.08. The third-order valence-corrected chi connectivity index (χ3v) is 1.54. The molecular formula is C8H7O. The van der Waals surface area contributed by atoms with Gasteiger partial charge in [-0.1, -0.05) is 12.1 Å². The van der Waals surface area contributed by atoms with Crippen molar-refractivity contribution in [2.24, 2.45) is 0 Å². The highest BCUT2D eigenvalue weighted by Crippen LogP contribution is 2.22. The molecule has 0 aliphatic carbocycles. The summed E-state index contributed by atoms with van der Waals surface area (Å²) in [6, 6.07) is 8.84. The van der Waals surface area contributed by atoms with Crippen LogP contribution in [0.1, 0.15) is 5.56 Å². The quantitative estimate of drug-likeness (QED) is 0.502. The van der Waals surface area contributed by atoms with Crippen molar-refractivity contribution in [1.82, 2.24) is 0 Å². The Morgan fingerprint density at radius 1 is 1.56 bits per heavy atom. The van der Waals surface area contributed by atoms with E-state index in [2.05, 4.69) is 12.1 Å². The van der Waals surface area contributed by atoms with Crippen molar-refractivity contribution < 1.29 is 4.74 Å². The summed E-state index contributed by atoms with van der Waals surface area (Å²) in [6.07, 6.45) is 1.06. The minimum Gasteiger partial charge on any atom is -0.493 e. The average molecular weight is 119 g/mol. The fraction of sp³-hybridized carbons (Fsp3) is 0.250. The van der Waals surface area contributed by atoms with Crippen LogP contribution >= 0.6 is 0 Å². The van der Waals surface area contributed by atoms with Gasteiger partial charge in [-0.05, 0) is 17.7 Å². The van der Waals surface area contributed by atoms with Crippen molar-refractivity contribution in [2.75, 3.05) is 6.61 Å². The summed E-state index contributed by atoms with van der Waals surface area (Å²) in [5.41, 5.74) is 1.31. The Morgan fingerprint density at radius 2 is 2.56 bits per heavy atom. The van der Waals surface area contributed by atoms with Crippen molar-refractivity contribution >= 4 is 0 Å². The van der Waals surface area contributed by atoms with Gasteiger partial charge in [-0.2, -0.15) is 0 Å². The van der Waals surface area contributed by atoms with Gasteiger partial charge in [0.15, 0.2) is 0 Å². The van der Waals surface area contributed by atoms with Crippen molar-refractivity contribution in [1.29, 1.82) is 0 Å². The molecule has 0 bridgehead atoms. The van der Waals surface area contributed by atoms with E-state index >= 15 is 0 Å². The number of rotatable bonds is 0. The molecule has 0 saturated carbocycles. The molecular weight excluding hydrogens is 112 g/mol. The topological polar surface area (TPSA) is 9.23 Å². The van der Waals surface area contributed by atoms with Crippen molar-refractivity contribution in [3.8, 4) is 5.75 Å². The van der Waals surface area contributed by atoms with Gasteiger partial charge in [0.05, 0.1) is 6.61 Å². The van der Waals surface area contributed by atoms with Gasteiger partial charge in [-0.15, -0.1) is 0 Å². The maximum Gasteiger partial charge on any atom is 0.123 e.